The van der Waals surface area contributed by atoms with Crippen molar-refractivity contribution in [3.63, 3.8) is 0 Å². The predicted octanol–water partition coefficient (Wildman–Crippen LogP) is 1.71. The molecule has 1 saturated carbocycles. The van der Waals surface area contributed by atoms with Crippen LogP contribution in [0.3, 0.4) is 0 Å². The van der Waals surface area contributed by atoms with Gasteiger partial charge in [0.15, 0.2) is 5.82 Å². The Balaban J connectivity index is 2.04. The molecular weight excluding hydrogens is 180 g/mol. The Morgan fingerprint density at radius 1 is 1.64 bits per heavy atom. The lowest BCUT2D eigenvalue weighted by molar-refractivity contribution is -0.118. The van der Waals surface area contributed by atoms with Gasteiger partial charge in [-0.2, -0.15) is 4.98 Å². The zero-order valence-electron chi connectivity index (χ0n) is 8.49. The van der Waals surface area contributed by atoms with Crippen LogP contribution in [0.2, 0.25) is 0 Å². The average Bonchev–Trinajstić information content (AvgIpc) is 2.81. The van der Waals surface area contributed by atoms with Crippen LogP contribution in [0, 0.1) is 5.92 Å². The van der Waals surface area contributed by atoms with Crippen LogP contribution < -0.4 is 0 Å². The number of Topliss-reactive ketones (excluding diaryl/α,β-unsaturated/α-hetero) is 1. The number of rotatable bonds is 4. The molecular formula is C10H14N2O2. The molecule has 0 spiro atoms. The lowest BCUT2D eigenvalue weighted by Crippen LogP contribution is -2.04. The number of hydrogen-bond acceptors (Lipinski definition) is 4. The first kappa shape index (κ1) is 9.37. The highest BCUT2D eigenvalue weighted by Gasteiger charge is 2.25. The van der Waals surface area contributed by atoms with Gasteiger partial charge in [-0.3, -0.25) is 4.79 Å². The molecule has 4 nitrogen and oxygen atoms in total. The van der Waals surface area contributed by atoms with Crippen molar-refractivity contribution in [2.24, 2.45) is 5.92 Å². The summed E-state index contributed by atoms with van der Waals surface area (Å²) < 4.78 is 5.03. The molecule has 0 N–H and O–H groups in total. The van der Waals surface area contributed by atoms with Crippen molar-refractivity contribution in [1.82, 2.24) is 10.1 Å². The summed E-state index contributed by atoms with van der Waals surface area (Å²) in [5.41, 5.74) is 0. The Kier molecular flexibility index (Phi) is 2.35. The summed E-state index contributed by atoms with van der Waals surface area (Å²) in [6.07, 6.45) is 3.44. The Morgan fingerprint density at radius 3 is 2.93 bits per heavy atom. The quantitative estimate of drug-likeness (QED) is 0.732. The highest BCUT2D eigenvalue weighted by molar-refractivity contribution is 5.81. The fourth-order valence-electron chi connectivity index (χ4n) is 1.28. The van der Waals surface area contributed by atoms with E-state index in [2.05, 4.69) is 10.1 Å². The molecule has 0 bridgehead atoms. The molecule has 1 heterocycles. The smallest absolute Gasteiger partial charge is 0.236 e. The van der Waals surface area contributed by atoms with Gasteiger partial charge >= 0.3 is 0 Å². The second kappa shape index (κ2) is 3.52. The maximum absolute atomic E-state index is 11.1. The first-order chi connectivity index (χ1) is 6.66. The molecule has 4 heteroatoms. The average molecular weight is 194 g/mol. The standard InChI is InChI=1S/C10H14N2O2/c1-6(7(2)13)10-11-9(12-14-10)5-8-3-4-8/h6,8H,3-5H2,1-2H3. The van der Waals surface area contributed by atoms with Crippen molar-refractivity contribution in [3.05, 3.63) is 11.7 Å². The summed E-state index contributed by atoms with van der Waals surface area (Å²) in [6.45, 7) is 3.33. The van der Waals surface area contributed by atoms with Crippen LogP contribution >= 0.6 is 0 Å². The van der Waals surface area contributed by atoms with E-state index < -0.39 is 0 Å². The fourth-order valence-corrected chi connectivity index (χ4v) is 1.28. The van der Waals surface area contributed by atoms with E-state index in [-0.39, 0.29) is 11.7 Å². The van der Waals surface area contributed by atoms with E-state index in [0.717, 1.165) is 18.2 Å². The molecule has 2 rings (SSSR count). The lowest BCUT2D eigenvalue weighted by Gasteiger charge is -1.97. The molecule has 14 heavy (non-hydrogen) atoms. The maximum Gasteiger partial charge on any atom is 0.236 e. The van der Waals surface area contributed by atoms with Gasteiger partial charge in [-0.1, -0.05) is 5.16 Å². The summed E-state index contributed by atoms with van der Waals surface area (Å²) >= 11 is 0. The van der Waals surface area contributed by atoms with Gasteiger partial charge < -0.3 is 4.52 Å². The van der Waals surface area contributed by atoms with E-state index in [1.807, 2.05) is 0 Å². The number of nitrogens with zero attached hydrogens (tertiary/aromatic N) is 2. The van der Waals surface area contributed by atoms with Gasteiger partial charge in [-0.05, 0) is 32.6 Å². The van der Waals surface area contributed by atoms with E-state index in [9.17, 15) is 4.79 Å². The van der Waals surface area contributed by atoms with Crippen LogP contribution in [-0.2, 0) is 11.2 Å². The summed E-state index contributed by atoms with van der Waals surface area (Å²) in [5.74, 6) is 1.74. The largest absolute Gasteiger partial charge is 0.339 e. The van der Waals surface area contributed by atoms with Gasteiger partial charge in [-0.15, -0.1) is 0 Å². The molecule has 0 saturated heterocycles. The highest BCUT2D eigenvalue weighted by Crippen LogP contribution is 2.31. The van der Waals surface area contributed by atoms with Crippen LogP contribution in [0.15, 0.2) is 4.52 Å². The van der Waals surface area contributed by atoms with Gasteiger partial charge in [0.1, 0.15) is 5.78 Å². The van der Waals surface area contributed by atoms with Crippen molar-refractivity contribution < 1.29 is 9.32 Å². The molecule has 1 aliphatic carbocycles. The normalized spacial score (nSPS) is 18.1. The van der Waals surface area contributed by atoms with E-state index >= 15 is 0 Å². The van der Waals surface area contributed by atoms with Gasteiger partial charge in [-0.25, -0.2) is 0 Å². The summed E-state index contributed by atoms with van der Waals surface area (Å²) in [6, 6.07) is 0. The molecule has 1 aromatic rings. The molecule has 0 aliphatic heterocycles. The second-order valence-electron chi connectivity index (χ2n) is 4.03. The number of aromatic nitrogens is 2. The van der Waals surface area contributed by atoms with Crippen LogP contribution in [0.4, 0.5) is 0 Å². The number of carbonyl (C=O) groups is 1. The van der Waals surface area contributed by atoms with Crippen molar-refractivity contribution in [1.29, 1.82) is 0 Å². The first-order valence-corrected chi connectivity index (χ1v) is 4.99. The highest BCUT2D eigenvalue weighted by atomic mass is 16.5. The van der Waals surface area contributed by atoms with E-state index in [0.29, 0.717) is 5.89 Å². The zero-order chi connectivity index (χ0) is 10.1. The minimum atomic E-state index is -0.268. The topological polar surface area (TPSA) is 56.0 Å². The Hall–Kier alpha value is -1.19. The van der Waals surface area contributed by atoms with Crippen LogP contribution in [0.5, 0.6) is 0 Å². The van der Waals surface area contributed by atoms with E-state index in [1.54, 1.807) is 6.92 Å². The van der Waals surface area contributed by atoms with Crippen molar-refractivity contribution in [3.8, 4) is 0 Å². The van der Waals surface area contributed by atoms with Crippen LogP contribution in [0.1, 0.15) is 44.3 Å². The fraction of sp³-hybridized carbons (Fsp3) is 0.700. The number of ketones is 1. The minimum absolute atomic E-state index is 0.0617. The third kappa shape index (κ3) is 2.00. The van der Waals surface area contributed by atoms with Crippen LogP contribution in [0.25, 0.3) is 0 Å². The van der Waals surface area contributed by atoms with Crippen molar-refractivity contribution >= 4 is 5.78 Å². The van der Waals surface area contributed by atoms with Gasteiger partial charge in [0, 0.05) is 6.42 Å². The molecule has 0 aromatic carbocycles. The summed E-state index contributed by atoms with van der Waals surface area (Å²) in [7, 11) is 0. The Bertz CT molecular complexity index is 342. The zero-order valence-corrected chi connectivity index (χ0v) is 8.49. The molecule has 0 radical (unpaired) electrons. The monoisotopic (exact) mass is 194 g/mol. The summed E-state index contributed by atoms with van der Waals surface area (Å²) in [5, 5.41) is 3.86. The van der Waals surface area contributed by atoms with Gasteiger partial charge in [0.05, 0.1) is 5.92 Å². The first-order valence-electron chi connectivity index (χ1n) is 4.99. The van der Waals surface area contributed by atoms with Gasteiger partial charge in [0.2, 0.25) is 5.89 Å². The predicted molar refractivity (Wildman–Crippen MR) is 49.8 cm³/mol. The minimum Gasteiger partial charge on any atom is -0.339 e. The molecule has 1 fully saturated rings. The van der Waals surface area contributed by atoms with Crippen molar-refractivity contribution in [2.75, 3.05) is 0 Å². The number of hydrogen-bond donors (Lipinski definition) is 0. The third-order valence-corrected chi connectivity index (χ3v) is 2.63. The van der Waals surface area contributed by atoms with Crippen molar-refractivity contribution in [2.45, 2.75) is 39.0 Å². The summed E-state index contributed by atoms with van der Waals surface area (Å²) in [4.78, 5) is 15.3. The number of carbonyl (C=O) groups excluding carboxylic acids is 1. The molecule has 1 aliphatic rings. The molecule has 1 unspecified atom stereocenters. The molecule has 1 aromatic heterocycles. The molecule has 1 atom stereocenters. The Morgan fingerprint density at radius 2 is 2.36 bits per heavy atom. The molecule has 0 amide bonds. The lowest BCUT2D eigenvalue weighted by atomic mass is 10.1. The third-order valence-electron chi connectivity index (χ3n) is 2.63. The second-order valence-corrected chi connectivity index (χ2v) is 4.03. The SMILES string of the molecule is CC(=O)C(C)c1nc(CC2CC2)no1. The van der Waals surface area contributed by atoms with Gasteiger partial charge in [0.25, 0.3) is 0 Å². The maximum atomic E-state index is 11.1. The van der Waals surface area contributed by atoms with E-state index in [4.69, 9.17) is 4.52 Å². The van der Waals surface area contributed by atoms with E-state index in [1.165, 1.54) is 19.8 Å². The molecule has 76 valence electrons. The van der Waals surface area contributed by atoms with Crippen LogP contribution in [-0.4, -0.2) is 15.9 Å². The Labute approximate surface area is 82.7 Å².